The highest BCUT2D eigenvalue weighted by molar-refractivity contribution is 5.71. The van der Waals surface area contributed by atoms with Gasteiger partial charge in [-0.1, -0.05) is 239 Å². The smallest absolute Gasteiger partial charge is 0.306 e. The Morgan fingerprint density at radius 2 is 0.549 bits per heavy atom. The molecule has 0 aromatic rings. The van der Waals surface area contributed by atoms with E-state index in [0.717, 1.165) is 128 Å². The van der Waals surface area contributed by atoms with Crippen LogP contribution in [0.2, 0.25) is 0 Å². The summed E-state index contributed by atoms with van der Waals surface area (Å²) in [6.07, 6.45) is 79.4. The molecule has 0 amide bonds. The van der Waals surface area contributed by atoms with Gasteiger partial charge in [-0.2, -0.15) is 0 Å². The zero-order valence-corrected chi connectivity index (χ0v) is 46.2. The molecule has 0 radical (unpaired) electrons. The van der Waals surface area contributed by atoms with E-state index in [9.17, 15) is 14.4 Å². The Labute approximate surface area is 438 Å². The zero-order chi connectivity index (χ0) is 51.4. The van der Waals surface area contributed by atoms with Gasteiger partial charge >= 0.3 is 17.9 Å². The van der Waals surface area contributed by atoms with Crippen molar-refractivity contribution < 1.29 is 28.6 Å². The van der Waals surface area contributed by atoms with Gasteiger partial charge in [-0.3, -0.25) is 14.4 Å². The first-order valence-electron chi connectivity index (χ1n) is 29.4. The molecule has 1 atom stereocenters. The molecule has 0 spiro atoms. The van der Waals surface area contributed by atoms with Crippen LogP contribution in [0.5, 0.6) is 0 Å². The number of rotatable bonds is 52. The second-order valence-electron chi connectivity index (χ2n) is 19.1. The number of hydrogen-bond acceptors (Lipinski definition) is 6. The minimum absolute atomic E-state index is 0.0893. The maximum absolute atomic E-state index is 12.9. The van der Waals surface area contributed by atoms with E-state index < -0.39 is 6.10 Å². The van der Waals surface area contributed by atoms with Crippen molar-refractivity contribution in [2.24, 2.45) is 0 Å². The van der Waals surface area contributed by atoms with Crippen LogP contribution in [0.25, 0.3) is 0 Å². The summed E-state index contributed by atoms with van der Waals surface area (Å²) in [5, 5.41) is 0. The Kier molecular flexibility index (Phi) is 55.4. The zero-order valence-electron chi connectivity index (χ0n) is 46.2. The molecular weight excluding hydrogens is 877 g/mol. The first-order chi connectivity index (χ1) is 35.0. The van der Waals surface area contributed by atoms with E-state index in [4.69, 9.17) is 14.2 Å². The first-order valence-corrected chi connectivity index (χ1v) is 29.4. The summed E-state index contributed by atoms with van der Waals surface area (Å²) in [7, 11) is 0. The molecule has 0 aromatic carbocycles. The minimum Gasteiger partial charge on any atom is -0.462 e. The van der Waals surface area contributed by atoms with Crippen LogP contribution in [0.4, 0.5) is 0 Å². The van der Waals surface area contributed by atoms with E-state index >= 15 is 0 Å². The van der Waals surface area contributed by atoms with E-state index in [1.165, 1.54) is 96.3 Å². The van der Waals surface area contributed by atoms with Crippen molar-refractivity contribution in [1.82, 2.24) is 0 Å². The van der Waals surface area contributed by atoms with Crippen LogP contribution in [0.15, 0.2) is 109 Å². The molecule has 0 aliphatic carbocycles. The fraction of sp³-hybridized carbons (Fsp3) is 0.677. The van der Waals surface area contributed by atoms with E-state index in [2.05, 4.69) is 130 Å². The second kappa shape index (κ2) is 58.6. The lowest BCUT2D eigenvalue weighted by Crippen LogP contribution is -2.30. The fourth-order valence-electron chi connectivity index (χ4n) is 7.88. The number of unbranched alkanes of at least 4 members (excludes halogenated alkanes) is 23. The number of hydrogen-bond donors (Lipinski definition) is 0. The highest BCUT2D eigenvalue weighted by atomic mass is 16.6. The molecule has 0 fully saturated rings. The van der Waals surface area contributed by atoms with Crippen molar-refractivity contribution in [1.29, 1.82) is 0 Å². The third-order valence-electron chi connectivity index (χ3n) is 12.2. The summed E-state index contributed by atoms with van der Waals surface area (Å²) in [6.45, 7) is 6.36. The van der Waals surface area contributed by atoms with E-state index in [-0.39, 0.29) is 31.1 Å². The highest BCUT2D eigenvalue weighted by Crippen LogP contribution is 2.15. The molecule has 6 nitrogen and oxygen atoms in total. The summed E-state index contributed by atoms with van der Waals surface area (Å²) in [5.74, 6) is -0.913. The average molecular weight is 986 g/mol. The van der Waals surface area contributed by atoms with Crippen molar-refractivity contribution in [3.8, 4) is 0 Å². The Morgan fingerprint density at radius 3 is 0.873 bits per heavy atom. The summed E-state index contributed by atoms with van der Waals surface area (Å²) in [5.41, 5.74) is 0. The van der Waals surface area contributed by atoms with Crippen molar-refractivity contribution in [2.45, 2.75) is 271 Å². The molecule has 71 heavy (non-hydrogen) atoms. The second-order valence-corrected chi connectivity index (χ2v) is 19.1. The quantitative estimate of drug-likeness (QED) is 0.0261. The van der Waals surface area contributed by atoms with Gasteiger partial charge in [-0.25, -0.2) is 0 Å². The standard InChI is InChI=1S/C65H108O6/c1-4-7-10-13-16-19-22-24-26-28-30-32-34-36-38-40-43-46-49-52-55-58-64(67)70-61-62(60-69-63(66)57-54-51-48-45-42-21-18-15-12-9-6-3)71-65(68)59-56-53-50-47-44-41-39-37-35-33-31-29-27-25-23-20-17-14-11-8-5-2/h7-8,10-11,15-20,24-27,30-33,62H,4-6,9,12-14,21-23,28-29,34-61H2,1-3H3/b10-7-,11-8-,18-15-,19-16-,20-17-,26-24-,27-25-,32-30-,33-31-. The molecule has 6 heteroatoms. The van der Waals surface area contributed by atoms with Gasteiger partial charge in [0.15, 0.2) is 6.10 Å². The Bertz CT molecular complexity index is 1460. The van der Waals surface area contributed by atoms with Crippen LogP contribution in [0.3, 0.4) is 0 Å². The highest BCUT2D eigenvalue weighted by Gasteiger charge is 2.19. The molecule has 0 aliphatic rings. The lowest BCUT2D eigenvalue weighted by molar-refractivity contribution is -0.167. The van der Waals surface area contributed by atoms with Gasteiger partial charge in [0.1, 0.15) is 13.2 Å². The predicted molar refractivity (Wildman–Crippen MR) is 307 cm³/mol. The van der Waals surface area contributed by atoms with Gasteiger partial charge in [0.25, 0.3) is 0 Å². The van der Waals surface area contributed by atoms with Crippen LogP contribution in [0, 0.1) is 0 Å². The molecule has 0 rings (SSSR count). The third kappa shape index (κ3) is 56.9. The normalized spacial score (nSPS) is 12.9. The van der Waals surface area contributed by atoms with Crippen molar-refractivity contribution >= 4 is 17.9 Å². The maximum Gasteiger partial charge on any atom is 0.306 e. The number of carbonyl (C=O) groups excluding carboxylic acids is 3. The third-order valence-corrected chi connectivity index (χ3v) is 12.2. The molecule has 0 aromatic heterocycles. The van der Waals surface area contributed by atoms with Crippen molar-refractivity contribution in [3.63, 3.8) is 0 Å². The Hall–Kier alpha value is -3.93. The molecule has 0 aliphatic heterocycles. The average Bonchev–Trinajstić information content (AvgIpc) is 3.37. The van der Waals surface area contributed by atoms with E-state index in [1.54, 1.807) is 0 Å². The SMILES string of the molecule is CC/C=C\C/C=C\C/C=C\C/C=C\CCCCCCCCCCC(=O)OCC(COC(=O)CCCCCCC/C=C\CCCC)OC(=O)CCCCCCCCCC/C=C\C/C=C\C/C=C\C/C=C\CC. The van der Waals surface area contributed by atoms with Gasteiger partial charge in [0.05, 0.1) is 0 Å². The first kappa shape index (κ1) is 67.1. The fourth-order valence-corrected chi connectivity index (χ4v) is 7.88. The van der Waals surface area contributed by atoms with E-state index in [1.807, 2.05) is 0 Å². The van der Waals surface area contributed by atoms with Crippen LogP contribution in [0.1, 0.15) is 265 Å². The van der Waals surface area contributed by atoms with Crippen LogP contribution in [-0.4, -0.2) is 37.2 Å². The summed E-state index contributed by atoms with van der Waals surface area (Å²) in [4.78, 5) is 38.2. The molecule has 0 heterocycles. The number of ether oxygens (including phenoxy) is 3. The van der Waals surface area contributed by atoms with Crippen LogP contribution in [-0.2, 0) is 28.6 Å². The van der Waals surface area contributed by atoms with Crippen LogP contribution >= 0.6 is 0 Å². The summed E-state index contributed by atoms with van der Waals surface area (Å²) >= 11 is 0. The van der Waals surface area contributed by atoms with Crippen LogP contribution < -0.4 is 0 Å². The van der Waals surface area contributed by atoms with E-state index in [0.29, 0.717) is 19.3 Å². The lowest BCUT2D eigenvalue weighted by atomic mass is 10.1. The van der Waals surface area contributed by atoms with Crippen molar-refractivity contribution in [2.75, 3.05) is 13.2 Å². The molecule has 1 unspecified atom stereocenters. The van der Waals surface area contributed by atoms with Gasteiger partial charge < -0.3 is 14.2 Å². The Balaban J connectivity index is 4.36. The predicted octanol–water partition coefficient (Wildman–Crippen LogP) is 19.9. The van der Waals surface area contributed by atoms with Gasteiger partial charge in [0.2, 0.25) is 0 Å². The number of allylic oxidation sites excluding steroid dienone is 18. The Morgan fingerprint density at radius 1 is 0.296 bits per heavy atom. The summed E-state index contributed by atoms with van der Waals surface area (Å²) < 4.78 is 16.9. The monoisotopic (exact) mass is 985 g/mol. The molecule has 0 saturated carbocycles. The van der Waals surface area contributed by atoms with Gasteiger partial charge in [-0.15, -0.1) is 0 Å². The molecule has 0 N–H and O–H groups in total. The van der Waals surface area contributed by atoms with Gasteiger partial charge in [-0.05, 0) is 116 Å². The molecule has 404 valence electrons. The topological polar surface area (TPSA) is 78.9 Å². The maximum atomic E-state index is 12.9. The minimum atomic E-state index is -0.791. The number of esters is 3. The largest absolute Gasteiger partial charge is 0.462 e. The molecule has 0 saturated heterocycles. The number of carbonyl (C=O) groups is 3. The van der Waals surface area contributed by atoms with Crippen molar-refractivity contribution in [3.05, 3.63) is 109 Å². The molecule has 0 bridgehead atoms. The summed E-state index contributed by atoms with van der Waals surface area (Å²) in [6, 6.07) is 0. The van der Waals surface area contributed by atoms with Gasteiger partial charge in [0, 0.05) is 19.3 Å². The molecular formula is C65H108O6. The lowest BCUT2D eigenvalue weighted by Gasteiger charge is -2.18.